The van der Waals surface area contributed by atoms with Crippen molar-refractivity contribution in [3.05, 3.63) is 79.9 Å². The van der Waals surface area contributed by atoms with E-state index in [1.807, 2.05) is 24.3 Å². The topological polar surface area (TPSA) is 70.8 Å². The summed E-state index contributed by atoms with van der Waals surface area (Å²) >= 11 is 3.41. The molecule has 0 fully saturated rings. The summed E-state index contributed by atoms with van der Waals surface area (Å²) in [7, 11) is 0. The third-order valence-electron chi connectivity index (χ3n) is 4.65. The summed E-state index contributed by atoms with van der Waals surface area (Å²) < 4.78 is 20.2. The highest BCUT2D eigenvalue weighted by atomic mass is 79.9. The number of fused-ring (bicyclic) bond motifs is 2. The number of carbonyl (C=O) groups excluding carboxylic acids is 1. The summed E-state index contributed by atoms with van der Waals surface area (Å²) in [6.45, 7) is 0.181. The van der Waals surface area contributed by atoms with E-state index in [4.69, 9.17) is 4.42 Å². The third kappa shape index (κ3) is 2.96. The minimum absolute atomic E-state index is 0.0259. The van der Waals surface area contributed by atoms with Gasteiger partial charge in [0.25, 0.3) is 5.91 Å². The average molecular weight is 432 g/mol. The molecule has 0 spiro atoms. The van der Waals surface area contributed by atoms with Crippen LogP contribution in [-0.2, 0) is 0 Å². The highest BCUT2D eigenvalue weighted by Gasteiger charge is 2.42. The fourth-order valence-corrected chi connectivity index (χ4v) is 3.90. The van der Waals surface area contributed by atoms with Gasteiger partial charge in [0.2, 0.25) is 5.76 Å². The highest BCUT2D eigenvalue weighted by molar-refractivity contribution is 9.10. The molecule has 0 radical (unpaired) electrons. The maximum atomic E-state index is 13.7. The largest absolute Gasteiger partial charge is 0.450 e. The Bertz CT molecular complexity index is 1110. The molecule has 27 heavy (non-hydrogen) atoms. The van der Waals surface area contributed by atoms with Crippen LogP contribution in [0.1, 0.15) is 34.1 Å². The molecule has 0 aliphatic carbocycles. The molecule has 1 unspecified atom stereocenters. The lowest BCUT2D eigenvalue weighted by Crippen LogP contribution is -2.31. The number of halogens is 2. The first-order chi connectivity index (χ1) is 13.0. The van der Waals surface area contributed by atoms with Crippen LogP contribution in [0.3, 0.4) is 0 Å². The van der Waals surface area contributed by atoms with Crippen molar-refractivity contribution in [3.63, 3.8) is 0 Å². The Kier molecular flexibility index (Phi) is 4.57. The van der Waals surface area contributed by atoms with Crippen molar-refractivity contribution >= 4 is 32.8 Å². The Morgan fingerprint density at radius 2 is 2.00 bits per heavy atom. The number of hydrogen-bond acceptors (Lipinski definition) is 4. The van der Waals surface area contributed by atoms with Gasteiger partial charge >= 0.3 is 0 Å². The van der Waals surface area contributed by atoms with Gasteiger partial charge in [-0.05, 0) is 42.3 Å². The number of rotatable bonds is 4. The fourth-order valence-electron chi connectivity index (χ4n) is 3.49. The molecule has 1 atom stereocenters. The molecular weight excluding hydrogens is 417 g/mol. The zero-order valence-electron chi connectivity index (χ0n) is 14.1. The van der Waals surface area contributed by atoms with Crippen LogP contribution in [-0.4, -0.2) is 29.1 Å². The lowest BCUT2D eigenvalue weighted by Gasteiger charge is -2.25. The minimum atomic E-state index is -0.652. The van der Waals surface area contributed by atoms with Crippen molar-refractivity contribution in [1.29, 1.82) is 0 Å². The second kappa shape index (κ2) is 6.90. The molecule has 7 heteroatoms. The number of carbonyl (C=O) groups is 1. The zero-order valence-corrected chi connectivity index (χ0v) is 15.7. The number of amides is 1. The van der Waals surface area contributed by atoms with Crippen LogP contribution < -0.4 is 5.43 Å². The average Bonchev–Trinajstić information content (AvgIpc) is 2.93. The minimum Gasteiger partial charge on any atom is -0.450 e. The summed E-state index contributed by atoms with van der Waals surface area (Å²) in [6, 6.07) is 10.3. The quantitative estimate of drug-likeness (QED) is 0.684. The van der Waals surface area contributed by atoms with E-state index in [0.29, 0.717) is 6.42 Å². The van der Waals surface area contributed by atoms with Gasteiger partial charge < -0.3 is 14.4 Å². The van der Waals surface area contributed by atoms with E-state index in [1.165, 1.54) is 17.0 Å². The van der Waals surface area contributed by atoms with Gasteiger partial charge in [-0.15, -0.1) is 0 Å². The Labute approximate surface area is 162 Å². The van der Waals surface area contributed by atoms with E-state index in [2.05, 4.69) is 15.9 Å². The summed E-state index contributed by atoms with van der Waals surface area (Å²) in [5.41, 5.74) is 0.688. The van der Waals surface area contributed by atoms with Crippen molar-refractivity contribution < 1.29 is 18.7 Å². The molecular formula is C20H15BrFNO4. The normalized spacial score (nSPS) is 16.2. The molecule has 3 aromatic rings. The number of aliphatic hydroxyl groups excluding tert-OH is 1. The van der Waals surface area contributed by atoms with Crippen LogP contribution in [0.2, 0.25) is 0 Å². The second-order valence-electron chi connectivity index (χ2n) is 6.35. The Hall–Kier alpha value is -2.51. The molecule has 0 saturated carbocycles. The lowest BCUT2D eigenvalue weighted by atomic mass is 9.98. The number of hydrogen-bond donors (Lipinski definition) is 1. The molecule has 2 aromatic carbocycles. The van der Waals surface area contributed by atoms with Gasteiger partial charge in [0.1, 0.15) is 11.4 Å². The third-order valence-corrected chi connectivity index (χ3v) is 5.14. The first kappa shape index (κ1) is 17.9. The van der Waals surface area contributed by atoms with Gasteiger partial charge in [0.15, 0.2) is 5.43 Å². The zero-order chi connectivity index (χ0) is 19.1. The molecule has 0 bridgehead atoms. The molecule has 1 amide bonds. The molecule has 1 N–H and O–H groups in total. The van der Waals surface area contributed by atoms with Gasteiger partial charge in [0.05, 0.1) is 17.0 Å². The number of benzene rings is 2. The molecule has 0 saturated heterocycles. The van der Waals surface area contributed by atoms with Gasteiger partial charge in [-0.1, -0.05) is 28.1 Å². The van der Waals surface area contributed by atoms with Crippen molar-refractivity contribution in [3.8, 4) is 0 Å². The number of aliphatic hydroxyl groups is 1. The maximum absolute atomic E-state index is 13.7. The Morgan fingerprint density at radius 1 is 1.19 bits per heavy atom. The first-order valence-corrected chi connectivity index (χ1v) is 9.24. The molecule has 138 valence electrons. The van der Waals surface area contributed by atoms with E-state index in [9.17, 15) is 19.1 Å². The van der Waals surface area contributed by atoms with Crippen LogP contribution in [0.15, 0.2) is 56.1 Å². The van der Waals surface area contributed by atoms with Crippen molar-refractivity contribution in [1.82, 2.24) is 4.90 Å². The van der Waals surface area contributed by atoms with Crippen molar-refractivity contribution in [2.24, 2.45) is 0 Å². The second-order valence-corrected chi connectivity index (χ2v) is 7.26. The van der Waals surface area contributed by atoms with Crippen molar-refractivity contribution in [2.75, 3.05) is 13.2 Å². The van der Waals surface area contributed by atoms with Crippen LogP contribution in [0, 0.1) is 5.82 Å². The van der Waals surface area contributed by atoms with E-state index >= 15 is 0 Å². The van der Waals surface area contributed by atoms with Crippen molar-refractivity contribution in [2.45, 2.75) is 12.5 Å². The van der Waals surface area contributed by atoms with Gasteiger partial charge in [-0.3, -0.25) is 9.59 Å². The number of nitrogens with zero attached hydrogens (tertiary/aromatic N) is 1. The molecule has 2 heterocycles. The van der Waals surface area contributed by atoms with Gasteiger partial charge in [0, 0.05) is 17.6 Å². The summed E-state index contributed by atoms with van der Waals surface area (Å²) in [5, 5.41) is 9.30. The van der Waals surface area contributed by atoms with Gasteiger partial charge in [-0.2, -0.15) is 0 Å². The predicted molar refractivity (Wildman–Crippen MR) is 101 cm³/mol. The fraction of sp³-hybridized carbons (Fsp3) is 0.200. The van der Waals surface area contributed by atoms with Crippen LogP contribution in [0.25, 0.3) is 11.0 Å². The molecule has 4 rings (SSSR count). The van der Waals surface area contributed by atoms with E-state index < -0.39 is 23.2 Å². The standard InChI is InChI=1S/C20H15BrFNO4/c21-12-4-1-3-11(9-12)17-16-18(25)14-10-13(22)5-6-15(14)27-19(16)20(26)23(17)7-2-8-24/h1,3-6,9-10,17,24H,2,7-8H2. The maximum Gasteiger partial charge on any atom is 0.290 e. The van der Waals surface area contributed by atoms with Crippen LogP contribution in [0.5, 0.6) is 0 Å². The Balaban J connectivity index is 1.99. The summed E-state index contributed by atoms with van der Waals surface area (Å²) in [6.07, 6.45) is 0.368. The lowest BCUT2D eigenvalue weighted by molar-refractivity contribution is 0.0716. The van der Waals surface area contributed by atoms with E-state index in [1.54, 1.807) is 0 Å². The molecule has 1 aliphatic heterocycles. The smallest absolute Gasteiger partial charge is 0.290 e. The molecule has 5 nitrogen and oxygen atoms in total. The summed E-state index contributed by atoms with van der Waals surface area (Å²) in [4.78, 5) is 27.6. The van der Waals surface area contributed by atoms with Crippen LogP contribution >= 0.6 is 15.9 Å². The first-order valence-electron chi connectivity index (χ1n) is 8.45. The van der Waals surface area contributed by atoms with Crippen LogP contribution in [0.4, 0.5) is 4.39 Å². The SMILES string of the molecule is O=C1c2oc3ccc(F)cc3c(=O)c2C(c2cccc(Br)c2)N1CCCO. The van der Waals surface area contributed by atoms with E-state index in [0.717, 1.165) is 16.1 Å². The highest BCUT2D eigenvalue weighted by Crippen LogP contribution is 2.38. The predicted octanol–water partition coefficient (Wildman–Crippen LogP) is 3.62. The Morgan fingerprint density at radius 3 is 2.74 bits per heavy atom. The van der Waals surface area contributed by atoms with Gasteiger partial charge in [-0.25, -0.2) is 4.39 Å². The summed E-state index contributed by atoms with van der Waals surface area (Å²) in [5.74, 6) is -0.982. The molecule has 1 aromatic heterocycles. The van der Waals surface area contributed by atoms with E-state index in [-0.39, 0.29) is 35.4 Å². The monoisotopic (exact) mass is 431 g/mol. The molecule has 1 aliphatic rings.